The predicted octanol–water partition coefficient (Wildman–Crippen LogP) is 5.54. The SMILES string of the molecule is O=C(NCC1CCCCC1)c1ccc2c(c1)N(Cc1cnc[nH]1)CCN(C(=O)c1cccc3ccccc13)C2. The van der Waals surface area contributed by atoms with E-state index in [0.717, 1.165) is 39.8 Å². The van der Waals surface area contributed by atoms with Crippen molar-refractivity contribution in [1.29, 1.82) is 0 Å². The van der Waals surface area contributed by atoms with Gasteiger partial charge in [0.05, 0.1) is 18.6 Å². The van der Waals surface area contributed by atoms with Crippen molar-refractivity contribution in [2.45, 2.75) is 45.2 Å². The Labute approximate surface area is 229 Å². The molecule has 0 unspecified atom stereocenters. The largest absolute Gasteiger partial charge is 0.364 e. The number of hydrogen-bond acceptors (Lipinski definition) is 4. The van der Waals surface area contributed by atoms with Gasteiger partial charge in [0.1, 0.15) is 0 Å². The number of carbonyl (C=O) groups excluding carboxylic acids is 2. The van der Waals surface area contributed by atoms with Crippen LogP contribution in [0.3, 0.4) is 0 Å². The topological polar surface area (TPSA) is 81.3 Å². The van der Waals surface area contributed by atoms with Crippen LogP contribution in [0.2, 0.25) is 0 Å². The van der Waals surface area contributed by atoms with Crippen LogP contribution in [-0.2, 0) is 13.1 Å². The minimum atomic E-state index is -0.0298. The molecule has 4 aromatic rings. The highest BCUT2D eigenvalue weighted by molar-refractivity contribution is 6.07. The Balaban J connectivity index is 1.27. The van der Waals surface area contributed by atoms with Gasteiger partial charge in [0.25, 0.3) is 11.8 Å². The van der Waals surface area contributed by atoms with Gasteiger partial charge in [0.15, 0.2) is 0 Å². The lowest BCUT2D eigenvalue weighted by Gasteiger charge is -2.25. The van der Waals surface area contributed by atoms with Crippen LogP contribution in [0.4, 0.5) is 5.69 Å². The number of nitrogens with one attached hydrogen (secondary N) is 2. The molecule has 0 saturated heterocycles. The number of fused-ring (bicyclic) bond motifs is 2. The number of nitrogens with zero attached hydrogens (tertiary/aromatic N) is 3. The summed E-state index contributed by atoms with van der Waals surface area (Å²) in [5.41, 5.74) is 4.39. The molecule has 0 radical (unpaired) electrons. The third-order valence-corrected chi connectivity index (χ3v) is 8.19. The highest BCUT2D eigenvalue weighted by atomic mass is 16.2. The van der Waals surface area contributed by atoms with Gasteiger partial charge in [0.2, 0.25) is 0 Å². The van der Waals surface area contributed by atoms with Crippen LogP contribution < -0.4 is 10.2 Å². The zero-order valence-electron chi connectivity index (χ0n) is 22.2. The number of amides is 2. The highest BCUT2D eigenvalue weighted by Crippen LogP contribution is 2.30. The van der Waals surface area contributed by atoms with Gasteiger partial charge in [-0.25, -0.2) is 4.98 Å². The number of aromatic amines is 1. The Morgan fingerprint density at radius 3 is 2.67 bits per heavy atom. The lowest BCUT2D eigenvalue weighted by atomic mass is 9.89. The number of carbonyl (C=O) groups is 2. The van der Waals surface area contributed by atoms with Crippen LogP contribution in [-0.4, -0.2) is 46.3 Å². The fraction of sp³-hybridized carbons (Fsp3) is 0.344. The number of H-pyrrole nitrogens is 1. The van der Waals surface area contributed by atoms with Gasteiger partial charge in [-0.2, -0.15) is 0 Å². The fourth-order valence-electron chi connectivity index (χ4n) is 6.01. The van der Waals surface area contributed by atoms with E-state index in [1.165, 1.54) is 32.1 Å². The van der Waals surface area contributed by atoms with Crippen molar-refractivity contribution in [1.82, 2.24) is 20.2 Å². The van der Waals surface area contributed by atoms with Gasteiger partial charge in [0, 0.05) is 49.2 Å². The van der Waals surface area contributed by atoms with Crippen molar-refractivity contribution in [3.05, 3.63) is 95.6 Å². The average molecular weight is 522 g/mol. The molecule has 2 aliphatic rings. The minimum Gasteiger partial charge on any atom is -0.364 e. The summed E-state index contributed by atoms with van der Waals surface area (Å²) in [4.78, 5) is 38.5. The van der Waals surface area contributed by atoms with Gasteiger partial charge in [-0.05, 0) is 53.3 Å². The monoisotopic (exact) mass is 521 g/mol. The molecule has 0 spiro atoms. The van der Waals surface area contributed by atoms with Gasteiger partial charge in [-0.3, -0.25) is 9.59 Å². The van der Waals surface area contributed by atoms with E-state index < -0.39 is 0 Å². The molecule has 2 N–H and O–H groups in total. The van der Waals surface area contributed by atoms with Crippen molar-refractivity contribution >= 4 is 28.3 Å². The third-order valence-electron chi connectivity index (χ3n) is 8.19. The zero-order valence-corrected chi connectivity index (χ0v) is 22.2. The first kappa shape index (κ1) is 25.2. The van der Waals surface area contributed by atoms with Gasteiger partial charge in [-0.1, -0.05) is 61.7 Å². The molecule has 6 rings (SSSR count). The molecule has 1 fully saturated rings. The summed E-state index contributed by atoms with van der Waals surface area (Å²) in [5.74, 6) is 0.572. The number of imidazole rings is 1. The maximum Gasteiger partial charge on any atom is 0.254 e. The Kier molecular flexibility index (Phi) is 7.30. The maximum absolute atomic E-state index is 13.8. The molecule has 0 bridgehead atoms. The minimum absolute atomic E-state index is 0.0236. The lowest BCUT2D eigenvalue weighted by molar-refractivity contribution is 0.0753. The second-order valence-electron chi connectivity index (χ2n) is 10.8. The first-order valence-corrected chi connectivity index (χ1v) is 14.1. The van der Waals surface area contributed by atoms with Crippen LogP contribution in [0.25, 0.3) is 10.8 Å². The Morgan fingerprint density at radius 1 is 0.974 bits per heavy atom. The smallest absolute Gasteiger partial charge is 0.254 e. The van der Waals surface area contributed by atoms with E-state index >= 15 is 0 Å². The molecule has 1 aliphatic heterocycles. The van der Waals surface area contributed by atoms with Gasteiger partial charge < -0.3 is 20.1 Å². The van der Waals surface area contributed by atoms with Crippen molar-refractivity contribution < 1.29 is 9.59 Å². The maximum atomic E-state index is 13.8. The summed E-state index contributed by atoms with van der Waals surface area (Å²) in [6, 6.07) is 19.8. The van der Waals surface area contributed by atoms with Crippen molar-refractivity contribution in [3.63, 3.8) is 0 Å². The standard InChI is InChI=1S/C32H35N5O2/c38-31(34-18-23-7-2-1-3-8-23)25-13-14-26-20-37(16-15-36(30(26)17-25)21-27-19-33-22-35-27)32(39)29-12-6-10-24-9-4-5-11-28(24)29/h4-6,9-14,17,19,22-23H,1-3,7-8,15-16,18,20-21H2,(H,33,35)(H,34,38). The summed E-state index contributed by atoms with van der Waals surface area (Å²) in [6.45, 7) is 3.07. The molecule has 200 valence electrons. The Hall–Kier alpha value is -4.13. The second kappa shape index (κ2) is 11.3. The predicted molar refractivity (Wildman–Crippen MR) is 154 cm³/mol. The second-order valence-corrected chi connectivity index (χ2v) is 10.8. The fourth-order valence-corrected chi connectivity index (χ4v) is 6.01. The Morgan fingerprint density at radius 2 is 1.82 bits per heavy atom. The Bertz CT molecular complexity index is 1450. The van der Waals surface area contributed by atoms with Crippen LogP contribution >= 0.6 is 0 Å². The van der Waals surface area contributed by atoms with Crippen molar-refractivity contribution in [2.24, 2.45) is 5.92 Å². The molecule has 7 nitrogen and oxygen atoms in total. The van der Waals surface area contributed by atoms with Gasteiger partial charge in [-0.15, -0.1) is 0 Å². The molecular formula is C32H35N5O2. The van der Waals surface area contributed by atoms with E-state index in [2.05, 4.69) is 20.2 Å². The first-order valence-electron chi connectivity index (χ1n) is 14.1. The normalized spacial score (nSPS) is 16.1. The number of hydrogen-bond donors (Lipinski definition) is 2. The quantitative estimate of drug-likeness (QED) is 0.349. The molecule has 1 saturated carbocycles. The molecule has 1 aromatic heterocycles. The molecule has 39 heavy (non-hydrogen) atoms. The number of anilines is 1. The summed E-state index contributed by atoms with van der Waals surface area (Å²) >= 11 is 0. The summed E-state index contributed by atoms with van der Waals surface area (Å²) in [7, 11) is 0. The van der Waals surface area contributed by atoms with E-state index in [0.29, 0.717) is 37.7 Å². The highest BCUT2D eigenvalue weighted by Gasteiger charge is 2.26. The van der Waals surface area contributed by atoms with Crippen molar-refractivity contribution in [3.8, 4) is 0 Å². The molecule has 2 heterocycles. The van der Waals surface area contributed by atoms with Crippen LogP contribution in [0, 0.1) is 5.92 Å². The van der Waals surface area contributed by atoms with Crippen LogP contribution in [0.5, 0.6) is 0 Å². The molecule has 3 aromatic carbocycles. The summed E-state index contributed by atoms with van der Waals surface area (Å²) < 4.78 is 0. The van der Waals surface area contributed by atoms with Crippen LogP contribution in [0.1, 0.15) is 64.1 Å². The summed E-state index contributed by atoms with van der Waals surface area (Å²) in [6.07, 6.45) is 9.73. The number of aromatic nitrogens is 2. The van der Waals surface area contributed by atoms with E-state index in [9.17, 15) is 9.59 Å². The molecule has 7 heteroatoms. The van der Waals surface area contributed by atoms with Gasteiger partial charge >= 0.3 is 0 Å². The molecule has 0 atom stereocenters. The van der Waals surface area contributed by atoms with Crippen molar-refractivity contribution in [2.75, 3.05) is 24.5 Å². The molecule has 2 amide bonds. The summed E-state index contributed by atoms with van der Waals surface area (Å²) in [5, 5.41) is 5.20. The number of rotatable bonds is 6. The van der Waals surface area contributed by atoms with E-state index in [1.54, 1.807) is 6.33 Å². The first-order chi connectivity index (χ1) is 19.2. The van der Waals surface area contributed by atoms with Crippen LogP contribution in [0.15, 0.2) is 73.2 Å². The van der Waals surface area contributed by atoms with E-state index in [1.807, 2.05) is 71.8 Å². The lowest BCUT2D eigenvalue weighted by Crippen LogP contribution is -2.35. The average Bonchev–Trinajstić information content (AvgIpc) is 3.43. The van der Waals surface area contributed by atoms with E-state index in [4.69, 9.17) is 0 Å². The molecular weight excluding hydrogens is 486 g/mol. The molecule has 1 aliphatic carbocycles. The third kappa shape index (κ3) is 5.53. The zero-order chi connectivity index (χ0) is 26.6. The number of benzene rings is 3. The van der Waals surface area contributed by atoms with E-state index in [-0.39, 0.29) is 11.8 Å².